The number of thiol groups is 1. The van der Waals surface area contributed by atoms with Gasteiger partial charge in [0.25, 0.3) is 0 Å². The van der Waals surface area contributed by atoms with Crippen LogP contribution >= 0.6 is 24.2 Å². The minimum absolute atomic E-state index is 0.398. The summed E-state index contributed by atoms with van der Waals surface area (Å²) in [5.74, 6) is 0.498. The molecule has 1 aromatic rings. The van der Waals surface area contributed by atoms with Crippen molar-refractivity contribution in [1.29, 1.82) is 0 Å². The molecule has 2 unspecified atom stereocenters. The highest BCUT2D eigenvalue weighted by atomic mass is 35.5. The van der Waals surface area contributed by atoms with Crippen LogP contribution in [-0.2, 0) is 0 Å². The molecule has 0 saturated carbocycles. The van der Waals surface area contributed by atoms with Crippen LogP contribution in [0.4, 0.5) is 5.69 Å². The summed E-state index contributed by atoms with van der Waals surface area (Å²) < 4.78 is 0. The molecule has 0 aliphatic carbocycles. The SMILES string of the molecule is Nc1ccc(Cl)c(C(O)C(O)CCS)c1. The Bertz CT molecular complexity index is 335. The number of rotatable bonds is 4. The highest BCUT2D eigenvalue weighted by Gasteiger charge is 2.20. The number of hydrogen-bond acceptors (Lipinski definition) is 4. The molecule has 0 aliphatic heterocycles. The summed E-state index contributed by atoms with van der Waals surface area (Å²) in [7, 11) is 0. The Morgan fingerprint density at radius 3 is 2.67 bits per heavy atom. The van der Waals surface area contributed by atoms with Crippen LogP contribution in [0.3, 0.4) is 0 Å². The van der Waals surface area contributed by atoms with Gasteiger partial charge in [-0.15, -0.1) is 0 Å². The lowest BCUT2D eigenvalue weighted by atomic mass is 10.0. The van der Waals surface area contributed by atoms with E-state index in [2.05, 4.69) is 12.6 Å². The van der Waals surface area contributed by atoms with Gasteiger partial charge in [0.05, 0.1) is 6.10 Å². The fourth-order valence-corrected chi connectivity index (χ4v) is 1.78. The highest BCUT2D eigenvalue weighted by molar-refractivity contribution is 7.80. The molecule has 2 atom stereocenters. The molecule has 0 fully saturated rings. The Kier molecular flexibility index (Phi) is 4.73. The molecule has 0 spiro atoms. The van der Waals surface area contributed by atoms with Gasteiger partial charge in [0, 0.05) is 16.3 Å². The van der Waals surface area contributed by atoms with Crippen molar-refractivity contribution in [2.24, 2.45) is 0 Å². The van der Waals surface area contributed by atoms with Gasteiger partial charge in [-0.3, -0.25) is 0 Å². The van der Waals surface area contributed by atoms with Gasteiger partial charge in [0.2, 0.25) is 0 Å². The molecule has 0 bridgehead atoms. The third-order valence-corrected chi connectivity index (χ3v) is 2.73. The van der Waals surface area contributed by atoms with Crippen LogP contribution in [-0.4, -0.2) is 22.1 Å². The van der Waals surface area contributed by atoms with Crippen molar-refractivity contribution in [3.8, 4) is 0 Å². The maximum Gasteiger partial charge on any atom is 0.106 e. The normalized spacial score (nSPS) is 14.9. The number of anilines is 1. The molecular weight excluding hydrogens is 234 g/mol. The Morgan fingerprint density at radius 1 is 1.40 bits per heavy atom. The molecule has 0 aromatic heterocycles. The van der Waals surface area contributed by atoms with Crippen LogP contribution < -0.4 is 5.73 Å². The van der Waals surface area contributed by atoms with Crippen LogP contribution in [0.1, 0.15) is 18.1 Å². The van der Waals surface area contributed by atoms with E-state index in [0.29, 0.717) is 28.4 Å². The van der Waals surface area contributed by atoms with E-state index in [0.717, 1.165) is 0 Å². The molecule has 4 N–H and O–H groups in total. The first kappa shape index (κ1) is 12.6. The van der Waals surface area contributed by atoms with Gasteiger partial charge in [0.15, 0.2) is 0 Å². The number of nitrogen functional groups attached to an aromatic ring is 1. The minimum Gasteiger partial charge on any atom is -0.399 e. The van der Waals surface area contributed by atoms with Gasteiger partial charge >= 0.3 is 0 Å². The lowest BCUT2D eigenvalue weighted by Crippen LogP contribution is -2.19. The molecular formula is C10H14ClNO2S. The van der Waals surface area contributed by atoms with E-state index in [1.807, 2.05) is 0 Å². The van der Waals surface area contributed by atoms with Gasteiger partial charge in [0.1, 0.15) is 6.10 Å². The lowest BCUT2D eigenvalue weighted by molar-refractivity contribution is 0.0173. The zero-order valence-electron chi connectivity index (χ0n) is 8.10. The minimum atomic E-state index is -1.02. The summed E-state index contributed by atoms with van der Waals surface area (Å²) in [6.45, 7) is 0. The van der Waals surface area contributed by atoms with Gasteiger partial charge in [-0.05, 0) is 30.4 Å². The summed E-state index contributed by atoms with van der Waals surface area (Å²) in [4.78, 5) is 0. The first-order chi connectivity index (χ1) is 7.06. The van der Waals surface area contributed by atoms with Gasteiger partial charge in [-0.2, -0.15) is 12.6 Å². The molecule has 5 heteroatoms. The maximum atomic E-state index is 9.80. The quantitative estimate of drug-likeness (QED) is 0.483. The fourth-order valence-electron chi connectivity index (χ4n) is 1.29. The second-order valence-electron chi connectivity index (χ2n) is 3.31. The highest BCUT2D eigenvalue weighted by Crippen LogP contribution is 2.28. The number of halogens is 1. The van der Waals surface area contributed by atoms with Crippen molar-refractivity contribution in [3.63, 3.8) is 0 Å². The van der Waals surface area contributed by atoms with E-state index < -0.39 is 12.2 Å². The zero-order valence-corrected chi connectivity index (χ0v) is 9.75. The van der Waals surface area contributed by atoms with Crippen molar-refractivity contribution in [3.05, 3.63) is 28.8 Å². The van der Waals surface area contributed by atoms with Crippen molar-refractivity contribution in [2.75, 3.05) is 11.5 Å². The van der Waals surface area contributed by atoms with Gasteiger partial charge in [-0.25, -0.2) is 0 Å². The van der Waals surface area contributed by atoms with E-state index in [1.54, 1.807) is 18.2 Å². The molecule has 0 radical (unpaired) electrons. The predicted octanol–water partition coefficient (Wildman–Crippen LogP) is 1.64. The first-order valence-corrected chi connectivity index (χ1v) is 5.59. The lowest BCUT2D eigenvalue weighted by Gasteiger charge is -2.18. The van der Waals surface area contributed by atoms with Crippen LogP contribution in [0.5, 0.6) is 0 Å². The summed E-state index contributed by atoms with van der Waals surface area (Å²) >= 11 is 9.87. The molecule has 0 heterocycles. The largest absolute Gasteiger partial charge is 0.399 e. The Hall–Kier alpha value is -0.420. The fraction of sp³-hybridized carbons (Fsp3) is 0.400. The monoisotopic (exact) mass is 247 g/mol. The number of aliphatic hydroxyl groups is 2. The van der Waals surface area contributed by atoms with Gasteiger partial charge in [-0.1, -0.05) is 11.6 Å². The second-order valence-corrected chi connectivity index (χ2v) is 4.16. The number of aliphatic hydroxyl groups excluding tert-OH is 2. The second kappa shape index (κ2) is 5.61. The van der Waals surface area contributed by atoms with E-state index in [4.69, 9.17) is 17.3 Å². The molecule has 3 nitrogen and oxygen atoms in total. The number of benzene rings is 1. The Labute approximate surface area is 99.3 Å². The standard InChI is InChI=1S/C10H14ClNO2S/c11-8-2-1-6(12)5-7(8)10(14)9(13)3-4-15/h1-2,5,9-10,13-15H,3-4,12H2. The van der Waals surface area contributed by atoms with Crippen molar-refractivity contribution in [1.82, 2.24) is 0 Å². The average Bonchev–Trinajstić information content (AvgIpc) is 2.21. The van der Waals surface area contributed by atoms with Crippen molar-refractivity contribution < 1.29 is 10.2 Å². The van der Waals surface area contributed by atoms with Crippen molar-refractivity contribution >= 4 is 29.9 Å². The number of nitrogens with two attached hydrogens (primary N) is 1. The molecule has 0 aliphatic rings. The van der Waals surface area contributed by atoms with Crippen LogP contribution in [0, 0.1) is 0 Å². The molecule has 0 amide bonds. The average molecular weight is 248 g/mol. The van der Waals surface area contributed by atoms with E-state index in [1.165, 1.54) is 0 Å². The zero-order chi connectivity index (χ0) is 11.4. The van der Waals surface area contributed by atoms with Crippen LogP contribution in [0.25, 0.3) is 0 Å². The smallest absolute Gasteiger partial charge is 0.106 e. The molecule has 1 rings (SSSR count). The van der Waals surface area contributed by atoms with Crippen molar-refractivity contribution in [2.45, 2.75) is 18.6 Å². The Morgan fingerprint density at radius 2 is 2.07 bits per heavy atom. The summed E-state index contributed by atoms with van der Waals surface area (Å²) in [5.41, 5.74) is 6.53. The summed E-state index contributed by atoms with van der Waals surface area (Å²) in [6, 6.07) is 4.81. The van der Waals surface area contributed by atoms with Gasteiger partial charge < -0.3 is 15.9 Å². The molecule has 15 heavy (non-hydrogen) atoms. The first-order valence-electron chi connectivity index (χ1n) is 4.58. The third-order valence-electron chi connectivity index (χ3n) is 2.13. The third kappa shape index (κ3) is 3.28. The Balaban J connectivity index is 2.89. The summed E-state index contributed by atoms with van der Waals surface area (Å²) in [5, 5.41) is 19.8. The molecule has 84 valence electrons. The van der Waals surface area contributed by atoms with Crippen LogP contribution in [0.2, 0.25) is 5.02 Å². The van der Waals surface area contributed by atoms with E-state index in [-0.39, 0.29) is 0 Å². The molecule has 0 saturated heterocycles. The predicted molar refractivity (Wildman–Crippen MR) is 65.3 cm³/mol. The topological polar surface area (TPSA) is 66.5 Å². The number of hydrogen-bond donors (Lipinski definition) is 4. The maximum absolute atomic E-state index is 9.80. The molecule has 1 aromatic carbocycles. The van der Waals surface area contributed by atoms with E-state index in [9.17, 15) is 10.2 Å². The van der Waals surface area contributed by atoms with Crippen LogP contribution in [0.15, 0.2) is 18.2 Å². The summed E-state index contributed by atoms with van der Waals surface area (Å²) in [6.07, 6.45) is -1.50. The van der Waals surface area contributed by atoms with E-state index >= 15 is 0 Å².